The number of carbonyl (C=O) groups is 2. The molecule has 0 aromatic rings. The van der Waals surface area contributed by atoms with Gasteiger partial charge in [0.25, 0.3) is 0 Å². The monoisotopic (exact) mass is 299 g/mol. The highest BCUT2D eigenvalue weighted by atomic mass is 16.5. The quantitative estimate of drug-likeness (QED) is 0.608. The summed E-state index contributed by atoms with van der Waals surface area (Å²) >= 11 is 0. The van der Waals surface area contributed by atoms with E-state index < -0.39 is 5.97 Å². The van der Waals surface area contributed by atoms with Crippen molar-refractivity contribution in [2.45, 2.75) is 58.8 Å². The van der Waals surface area contributed by atoms with Gasteiger partial charge < -0.3 is 15.2 Å². The molecule has 1 amide bonds. The minimum absolute atomic E-state index is 0.0259. The molecule has 1 rings (SSSR count). The molecule has 122 valence electrons. The summed E-state index contributed by atoms with van der Waals surface area (Å²) in [7, 11) is 0. The fourth-order valence-corrected chi connectivity index (χ4v) is 2.99. The lowest BCUT2D eigenvalue weighted by Gasteiger charge is -2.26. The van der Waals surface area contributed by atoms with Gasteiger partial charge in [-0.25, -0.2) is 0 Å². The zero-order valence-electron chi connectivity index (χ0n) is 13.3. The van der Waals surface area contributed by atoms with E-state index in [1.807, 2.05) is 0 Å². The zero-order valence-corrected chi connectivity index (χ0v) is 13.3. The van der Waals surface area contributed by atoms with Crippen molar-refractivity contribution in [3.63, 3.8) is 0 Å². The summed E-state index contributed by atoms with van der Waals surface area (Å²) in [6, 6.07) is 0. The number of aliphatic carboxylic acids is 1. The third kappa shape index (κ3) is 7.46. The predicted molar refractivity (Wildman–Crippen MR) is 81.1 cm³/mol. The van der Waals surface area contributed by atoms with Crippen LogP contribution < -0.4 is 5.32 Å². The zero-order chi connectivity index (χ0) is 15.7. The molecule has 0 aromatic carbocycles. The standard InChI is InChI=1S/C16H29NO4/c1-13(2)12-21-9-5-8-17-14(18)10-16(11-15(19)20)6-3-4-7-16/h13H,3-12H2,1-2H3,(H,17,18)(H,19,20). The van der Waals surface area contributed by atoms with E-state index in [2.05, 4.69) is 19.2 Å². The molecule has 0 bridgehead atoms. The number of carboxylic acid groups (broad SMARTS) is 1. The number of ether oxygens (including phenoxy) is 1. The van der Waals surface area contributed by atoms with Crippen LogP contribution in [0.5, 0.6) is 0 Å². The highest BCUT2D eigenvalue weighted by Gasteiger charge is 2.37. The Labute approximate surface area is 127 Å². The van der Waals surface area contributed by atoms with Gasteiger partial charge in [0.05, 0.1) is 6.42 Å². The Balaban J connectivity index is 2.21. The van der Waals surface area contributed by atoms with Gasteiger partial charge in [0.15, 0.2) is 0 Å². The fraction of sp³-hybridized carbons (Fsp3) is 0.875. The first-order valence-corrected chi connectivity index (χ1v) is 8.00. The van der Waals surface area contributed by atoms with E-state index in [4.69, 9.17) is 9.84 Å². The molecular weight excluding hydrogens is 270 g/mol. The maximum absolute atomic E-state index is 12.0. The Kier molecular flexibility index (Phi) is 7.72. The number of hydrogen-bond acceptors (Lipinski definition) is 3. The molecule has 5 heteroatoms. The molecule has 0 atom stereocenters. The number of rotatable bonds is 10. The summed E-state index contributed by atoms with van der Waals surface area (Å²) in [5.41, 5.74) is -0.315. The van der Waals surface area contributed by atoms with Crippen molar-refractivity contribution >= 4 is 11.9 Å². The largest absolute Gasteiger partial charge is 0.481 e. The van der Waals surface area contributed by atoms with E-state index in [0.29, 0.717) is 25.5 Å². The van der Waals surface area contributed by atoms with E-state index in [0.717, 1.165) is 38.7 Å². The lowest BCUT2D eigenvalue weighted by Crippen LogP contribution is -2.32. The molecule has 0 heterocycles. The summed E-state index contributed by atoms with van der Waals surface area (Å²) in [4.78, 5) is 23.0. The Morgan fingerprint density at radius 2 is 1.90 bits per heavy atom. The highest BCUT2D eigenvalue weighted by Crippen LogP contribution is 2.43. The van der Waals surface area contributed by atoms with Gasteiger partial charge >= 0.3 is 5.97 Å². The highest BCUT2D eigenvalue weighted by molar-refractivity contribution is 5.78. The third-order valence-corrected chi connectivity index (χ3v) is 3.96. The Bertz CT molecular complexity index is 335. The van der Waals surface area contributed by atoms with Crippen molar-refractivity contribution in [2.75, 3.05) is 19.8 Å². The summed E-state index contributed by atoms with van der Waals surface area (Å²) < 4.78 is 5.45. The molecule has 0 aliphatic heterocycles. The average Bonchev–Trinajstić information content (AvgIpc) is 2.80. The lowest BCUT2D eigenvalue weighted by atomic mass is 9.79. The first-order chi connectivity index (χ1) is 9.93. The minimum Gasteiger partial charge on any atom is -0.481 e. The molecular formula is C16H29NO4. The summed E-state index contributed by atoms with van der Waals surface area (Å²) in [5.74, 6) is -0.299. The van der Waals surface area contributed by atoms with Crippen LogP contribution in [0.25, 0.3) is 0 Å². The molecule has 1 aliphatic rings. The normalized spacial score (nSPS) is 17.1. The third-order valence-electron chi connectivity index (χ3n) is 3.96. The van der Waals surface area contributed by atoms with Crippen LogP contribution in [0.2, 0.25) is 0 Å². The first-order valence-electron chi connectivity index (χ1n) is 8.00. The summed E-state index contributed by atoms with van der Waals surface area (Å²) in [6.45, 7) is 6.20. The van der Waals surface area contributed by atoms with Crippen molar-refractivity contribution in [3.8, 4) is 0 Å². The molecule has 0 unspecified atom stereocenters. The Hall–Kier alpha value is -1.10. The minimum atomic E-state index is -0.799. The van der Waals surface area contributed by atoms with Crippen molar-refractivity contribution in [3.05, 3.63) is 0 Å². The fourth-order valence-electron chi connectivity index (χ4n) is 2.99. The van der Waals surface area contributed by atoms with Crippen LogP contribution in [-0.4, -0.2) is 36.7 Å². The van der Waals surface area contributed by atoms with Crippen LogP contribution in [0.3, 0.4) is 0 Å². The Morgan fingerprint density at radius 3 is 2.48 bits per heavy atom. The molecule has 1 fully saturated rings. The smallest absolute Gasteiger partial charge is 0.303 e. The van der Waals surface area contributed by atoms with Gasteiger partial charge in [-0.3, -0.25) is 9.59 Å². The van der Waals surface area contributed by atoms with E-state index in [9.17, 15) is 9.59 Å². The first kappa shape index (κ1) is 18.0. The molecule has 21 heavy (non-hydrogen) atoms. The maximum atomic E-state index is 12.0. The van der Waals surface area contributed by atoms with Crippen LogP contribution in [0.1, 0.15) is 58.8 Å². The van der Waals surface area contributed by atoms with Gasteiger partial charge in [-0.2, -0.15) is 0 Å². The summed E-state index contributed by atoms with van der Waals surface area (Å²) in [5, 5.41) is 11.9. The van der Waals surface area contributed by atoms with E-state index in [1.54, 1.807) is 0 Å². The number of amides is 1. The molecule has 1 aliphatic carbocycles. The number of nitrogens with one attached hydrogen (secondary N) is 1. The molecule has 0 saturated heterocycles. The number of carboxylic acids is 1. The van der Waals surface area contributed by atoms with Crippen LogP contribution in [0.15, 0.2) is 0 Å². The Morgan fingerprint density at radius 1 is 1.24 bits per heavy atom. The lowest BCUT2D eigenvalue weighted by molar-refractivity contribution is -0.140. The van der Waals surface area contributed by atoms with E-state index >= 15 is 0 Å². The van der Waals surface area contributed by atoms with Crippen LogP contribution in [-0.2, 0) is 14.3 Å². The van der Waals surface area contributed by atoms with Crippen molar-refractivity contribution < 1.29 is 19.4 Å². The molecule has 0 spiro atoms. The van der Waals surface area contributed by atoms with Gasteiger partial charge in [-0.1, -0.05) is 26.7 Å². The number of carbonyl (C=O) groups excluding carboxylic acids is 1. The molecule has 5 nitrogen and oxygen atoms in total. The second-order valence-corrected chi connectivity index (χ2v) is 6.63. The van der Waals surface area contributed by atoms with Crippen molar-refractivity contribution in [1.29, 1.82) is 0 Å². The van der Waals surface area contributed by atoms with Gasteiger partial charge in [0, 0.05) is 26.2 Å². The molecule has 0 aromatic heterocycles. The van der Waals surface area contributed by atoms with Crippen LogP contribution >= 0.6 is 0 Å². The van der Waals surface area contributed by atoms with Gasteiger partial charge in [0.1, 0.15) is 0 Å². The molecule has 0 radical (unpaired) electrons. The predicted octanol–water partition coefficient (Wildman–Crippen LogP) is 2.59. The van der Waals surface area contributed by atoms with Crippen molar-refractivity contribution in [2.24, 2.45) is 11.3 Å². The van der Waals surface area contributed by atoms with E-state index in [-0.39, 0.29) is 17.7 Å². The van der Waals surface area contributed by atoms with Gasteiger partial charge in [-0.05, 0) is 30.6 Å². The topological polar surface area (TPSA) is 75.6 Å². The SMILES string of the molecule is CC(C)COCCCNC(=O)CC1(CC(=O)O)CCCC1. The average molecular weight is 299 g/mol. The van der Waals surface area contributed by atoms with Crippen LogP contribution in [0.4, 0.5) is 0 Å². The molecule has 2 N–H and O–H groups in total. The second kappa shape index (κ2) is 9.03. The number of hydrogen-bond donors (Lipinski definition) is 2. The summed E-state index contributed by atoms with van der Waals surface area (Å²) in [6.07, 6.45) is 5.01. The van der Waals surface area contributed by atoms with Crippen LogP contribution in [0, 0.1) is 11.3 Å². The second-order valence-electron chi connectivity index (χ2n) is 6.63. The van der Waals surface area contributed by atoms with Gasteiger partial charge in [-0.15, -0.1) is 0 Å². The maximum Gasteiger partial charge on any atom is 0.303 e. The molecule has 1 saturated carbocycles. The van der Waals surface area contributed by atoms with E-state index in [1.165, 1.54) is 0 Å². The van der Waals surface area contributed by atoms with Crippen molar-refractivity contribution in [1.82, 2.24) is 5.32 Å². The van der Waals surface area contributed by atoms with Gasteiger partial charge in [0.2, 0.25) is 5.91 Å².